The summed E-state index contributed by atoms with van der Waals surface area (Å²) in [5.41, 5.74) is 4.50. The maximum atomic E-state index is 15.5. The van der Waals surface area contributed by atoms with Gasteiger partial charge in [0, 0.05) is 30.4 Å². The van der Waals surface area contributed by atoms with E-state index in [1.54, 1.807) is 6.92 Å². The molecule has 1 aromatic heterocycles. The van der Waals surface area contributed by atoms with E-state index in [-0.39, 0.29) is 63.8 Å². The summed E-state index contributed by atoms with van der Waals surface area (Å²) in [4.78, 5) is 27.4. The Morgan fingerprint density at radius 3 is 2.59 bits per heavy atom. The monoisotopic (exact) mass is 493 g/mol. The van der Waals surface area contributed by atoms with Crippen LogP contribution >= 0.6 is 11.6 Å². The van der Waals surface area contributed by atoms with Gasteiger partial charge in [0.2, 0.25) is 5.43 Å². The van der Waals surface area contributed by atoms with Crippen LogP contribution in [0.3, 0.4) is 0 Å². The molecule has 0 bridgehead atoms. The molecular formula is C23H22ClF2N3O5. The number of rotatable bonds is 5. The number of aliphatic hydroxyl groups is 2. The lowest BCUT2D eigenvalue weighted by molar-refractivity contribution is 0.0524. The minimum Gasteiger partial charge on any atom is -0.462 e. The number of pyridine rings is 1. The largest absolute Gasteiger partial charge is 0.462 e. The third-order valence-electron chi connectivity index (χ3n) is 5.84. The summed E-state index contributed by atoms with van der Waals surface area (Å²) in [5, 5.41) is 19.2. The first-order chi connectivity index (χ1) is 16.1. The fourth-order valence-electron chi connectivity index (χ4n) is 4.10. The highest BCUT2D eigenvalue weighted by atomic mass is 35.5. The molecule has 1 fully saturated rings. The van der Waals surface area contributed by atoms with Crippen molar-refractivity contribution >= 4 is 39.8 Å². The zero-order valence-electron chi connectivity index (χ0n) is 18.4. The molecule has 8 nitrogen and oxygen atoms in total. The zero-order valence-corrected chi connectivity index (χ0v) is 19.1. The van der Waals surface area contributed by atoms with E-state index >= 15 is 4.39 Å². The van der Waals surface area contributed by atoms with Crippen LogP contribution in [0, 0.1) is 18.6 Å². The summed E-state index contributed by atoms with van der Waals surface area (Å²) in [5.74, 6) is -2.47. The number of anilines is 2. The number of ether oxygens (including phenoxy) is 1. The van der Waals surface area contributed by atoms with Crippen molar-refractivity contribution in [3.8, 4) is 5.69 Å². The van der Waals surface area contributed by atoms with Crippen molar-refractivity contribution < 1.29 is 28.5 Å². The molecule has 0 aliphatic carbocycles. The van der Waals surface area contributed by atoms with Crippen molar-refractivity contribution in [2.75, 3.05) is 30.3 Å². The topological polar surface area (TPSA) is 118 Å². The lowest BCUT2D eigenvalue weighted by Crippen LogP contribution is -2.51. The molecular weight excluding hydrogens is 472 g/mol. The number of esters is 1. The molecule has 2 heterocycles. The summed E-state index contributed by atoms with van der Waals surface area (Å²) in [7, 11) is 0. The molecule has 3 aromatic rings. The Labute approximate surface area is 197 Å². The fourth-order valence-corrected chi connectivity index (χ4v) is 4.49. The van der Waals surface area contributed by atoms with Gasteiger partial charge >= 0.3 is 5.97 Å². The Balaban J connectivity index is 2.18. The summed E-state index contributed by atoms with van der Waals surface area (Å²) >= 11 is 6.65. The Morgan fingerprint density at radius 1 is 1.32 bits per heavy atom. The number of hydrogen-bond donors (Lipinski definition) is 3. The fraction of sp³-hybridized carbons (Fsp3) is 0.304. The second kappa shape index (κ2) is 8.86. The number of benzene rings is 2. The number of β-amino-alcohol motifs (C(OH)–C–C–N with tert-alkyl or cyclic N) is 1. The number of carbonyl (C=O) groups excluding carboxylic acids is 1. The van der Waals surface area contributed by atoms with Crippen molar-refractivity contribution in [1.82, 2.24) is 4.57 Å². The van der Waals surface area contributed by atoms with Gasteiger partial charge in [0.1, 0.15) is 11.4 Å². The van der Waals surface area contributed by atoms with Crippen molar-refractivity contribution in [3.05, 3.63) is 61.9 Å². The number of aryl methyl sites for hydroxylation is 1. The van der Waals surface area contributed by atoms with Crippen LogP contribution in [0.15, 0.2) is 23.1 Å². The van der Waals surface area contributed by atoms with E-state index in [9.17, 15) is 24.2 Å². The Hall–Kier alpha value is -3.21. The van der Waals surface area contributed by atoms with Crippen molar-refractivity contribution in [3.63, 3.8) is 0 Å². The number of aromatic nitrogens is 1. The van der Waals surface area contributed by atoms with Crippen LogP contribution in [0.25, 0.3) is 16.6 Å². The molecule has 0 atom stereocenters. The Bertz CT molecular complexity index is 1390. The van der Waals surface area contributed by atoms with Gasteiger partial charge in [-0.1, -0.05) is 11.6 Å². The van der Waals surface area contributed by atoms with E-state index < -0.39 is 41.3 Å². The maximum Gasteiger partial charge on any atom is 0.343 e. The first-order valence-corrected chi connectivity index (χ1v) is 10.8. The summed E-state index contributed by atoms with van der Waals surface area (Å²) in [6.45, 7) is 2.61. The summed E-state index contributed by atoms with van der Waals surface area (Å²) < 4.78 is 35.9. The third-order valence-corrected chi connectivity index (χ3v) is 6.20. The first kappa shape index (κ1) is 23.9. The van der Waals surface area contributed by atoms with Crippen LogP contribution in [0.5, 0.6) is 0 Å². The van der Waals surface area contributed by atoms with E-state index in [1.165, 1.54) is 22.5 Å². The number of halogens is 3. The summed E-state index contributed by atoms with van der Waals surface area (Å²) in [6.07, 6.45) is 0.504. The van der Waals surface area contributed by atoms with Crippen LogP contribution in [-0.2, 0) is 11.3 Å². The van der Waals surface area contributed by atoms with Crippen LogP contribution < -0.4 is 16.1 Å². The molecule has 4 N–H and O–H groups in total. The van der Waals surface area contributed by atoms with Gasteiger partial charge in [0.25, 0.3) is 0 Å². The standard InChI is InChI=1S/C23H22ClF2N3O5/c1-3-34-23(33)13-8-29(16-5-15(27)14(25)4-11(16)9-30)20-17(22(13)32)10(2)19(26)21(18(20)24)28-6-12(31)7-28/h4-5,8,12,30-31H,3,6-7,9,27H2,1-2H3. The molecule has 0 unspecified atom stereocenters. The molecule has 1 aliphatic heterocycles. The number of nitrogens with two attached hydrogens (primary N) is 1. The van der Waals surface area contributed by atoms with Gasteiger partial charge in [-0.25, -0.2) is 13.6 Å². The quantitative estimate of drug-likeness (QED) is 0.369. The zero-order chi connectivity index (χ0) is 24.9. The maximum absolute atomic E-state index is 15.5. The van der Waals surface area contributed by atoms with Crippen LogP contribution in [-0.4, -0.2) is 46.5 Å². The second-order valence-electron chi connectivity index (χ2n) is 8.01. The molecule has 180 valence electrons. The van der Waals surface area contributed by atoms with Crippen LogP contribution in [0.1, 0.15) is 28.4 Å². The second-order valence-corrected chi connectivity index (χ2v) is 8.38. The van der Waals surface area contributed by atoms with Crippen molar-refractivity contribution in [2.45, 2.75) is 26.6 Å². The SMILES string of the molecule is CCOC(=O)c1cn(-c2cc(N)c(F)cc2CO)c2c(Cl)c(N3CC(O)C3)c(F)c(C)c2c1=O. The van der Waals surface area contributed by atoms with E-state index in [1.807, 2.05) is 0 Å². The molecule has 0 radical (unpaired) electrons. The van der Waals surface area contributed by atoms with E-state index in [2.05, 4.69) is 0 Å². The van der Waals surface area contributed by atoms with E-state index in [0.717, 1.165) is 12.3 Å². The minimum atomic E-state index is -0.936. The molecule has 1 saturated heterocycles. The highest BCUT2D eigenvalue weighted by molar-refractivity contribution is 6.38. The molecule has 11 heteroatoms. The normalized spacial score (nSPS) is 13.9. The molecule has 2 aromatic carbocycles. The number of nitrogens with zero attached hydrogens (tertiary/aromatic N) is 2. The van der Waals surface area contributed by atoms with Crippen LogP contribution in [0.2, 0.25) is 5.02 Å². The number of carbonyl (C=O) groups is 1. The molecule has 1 aliphatic rings. The first-order valence-electron chi connectivity index (χ1n) is 10.5. The number of aliphatic hydroxyl groups excluding tert-OH is 2. The lowest BCUT2D eigenvalue weighted by Gasteiger charge is -2.39. The number of nitrogen functional groups attached to an aromatic ring is 1. The molecule has 0 saturated carbocycles. The third kappa shape index (κ3) is 3.67. The van der Waals surface area contributed by atoms with Crippen LogP contribution in [0.4, 0.5) is 20.2 Å². The molecule has 34 heavy (non-hydrogen) atoms. The highest BCUT2D eigenvalue weighted by Crippen LogP contribution is 2.41. The predicted octanol–water partition coefficient (Wildman–Crippen LogP) is 2.66. The Morgan fingerprint density at radius 2 is 2.00 bits per heavy atom. The predicted molar refractivity (Wildman–Crippen MR) is 124 cm³/mol. The van der Waals surface area contributed by atoms with E-state index in [0.29, 0.717) is 0 Å². The number of hydrogen-bond acceptors (Lipinski definition) is 7. The van der Waals surface area contributed by atoms with Gasteiger partial charge in [-0.2, -0.15) is 0 Å². The molecule has 0 amide bonds. The minimum absolute atomic E-state index is 0.00792. The molecule has 0 spiro atoms. The van der Waals surface area contributed by atoms with E-state index in [4.69, 9.17) is 22.1 Å². The summed E-state index contributed by atoms with van der Waals surface area (Å²) in [6, 6.07) is 2.25. The van der Waals surface area contributed by atoms with Crippen molar-refractivity contribution in [2.24, 2.45) is 0 Å². The van der Waals surface area contributed by atoms with Gasteiger partial charge in [0.05, 0.1) is 52.3 Å². The van der Waals surface area contributed by atoms with Gasteiger partial charge in [-0.15, -0.1) is 0 Å². The average molecular weight is 494 g/mol. The van der Waals surface area contributed by atoms with Gasteiger partial charge in [0.15, 0.2) is 5.82 Å². The van der Waals surface area contributed by atoms with Crippen molar-refractivity contribution in [1.29, 1.82) is 0 Å². The highest BCUT2D eigenvalue weighted by Gasteiger charge is 2.33. The smallest absolute Gasteiger partial charge is 0.343 e. The average Bonchev–Trinajstić information content (AvgIpc) is 2.77. The lowest BCUT2D eigenvalue weighted by atomic mass is 10.0. The Kier molecular flexibility index (Phi) is 6.24. The van der Waals surface area contributed by atoms with Gasteiger partial charge in [-0.3, -0.25) is 4.79 Å². The number of fused-ring (bicyclic) bond motifs is 1. The van der Waals surface area contributed by atoms with Gasteiger partial charge in [-0.05, 0) is 26.0 Å². The van der Waals surface area contributed by atoms with Gasteiger partial charge < -0.3 is 30.2 Å². The molecule has 4 rings (SSSR count).